The highest BCUT2D eigenvalue weighted by Gasteiger charge is 2.47. The molecular weight excluding hydrogens is 522 g/mol. The number of nitrogens with zero attached hydrogens (tertiary/aromatic N) is 2. The molecule has 0 spiro atoms. The van der Waals surface area contributed by atoms with Gasteiger partial charge < -0.3 is 15.2 Å². The van der Waals surface area contributed by atoms with Crippen LogP contribution in [-0.4, -0.2) is 39.2 Å². The third-order valence-corrected chi connectivity index (χ3v) is 9.47. The van der Waals surface area contributed by atoms with Gasteiger partial charge in [-0.3, -0.25) is 4.79 Å². The Hall–Kier alpha value is -4.03. The number of rotatable bonds is 5. The van der Waals surface area contributed by atoms with Crippen LogP contribution in [0.4, 0.5) is 0 Å². The highest BCUT2D eigenvalue weighted by Crippen LogP contribution is 2.56. The third kappa shape index (κ3) is 4.58. The molecule has 1 aromatic heterocycles. The highest BCUT2D eigenvalue weighted by atomic mass is 16.5. The number of nitrogens with one attached hydrogen (secondary N) is 1. The number of carbonyl (C=O) groups excluding carboxylic acids is 1. The predicted molar refractivity (Wildman–Crippen MR) is 167 cm³/mol. The van der Waals surface area contributed by atoms with E-state index in [0.717, 1.165) is 51.5 Å². The summed E-state index contributed by atoms with van der Waals surface area (Å²) < 4.78 is 6.87. The van der Waals surface area contributed by atoms with Crippen LogP contribution in [0.2, 0.25) is 0 Å². The van der Waals surface area contributed by atoms with E-state index >= 15 is 0 Å². The van der Waals surface area contributed by atoms with Crippen LogP contribution in [0.5, 0.6) is 5.75 Å². The summed E-state index contributed by atoms with van der Waals surface area (Å²) in [4.78, 5) is 23.7. The quantitative estimate of drug-likeness (QED) is 0.180. The molecular formula is C36H37N3O3. The van der Waals surface area contributed by atoms with Gasteiger partial charge in [-0.1, -0.05) is 67.9 Å². The van der Waals surface area contributed by atoms with Crippen LogP contribution in [0.15, 0.2) is 72.8 Å². The van der Waals surface area contributed by atoms with Crippen molar-refractivity contribution in [1.82, 2.24) is 15.3 Å². The number of amides is 1. The monoisotopic (exact) mass is 559 g/mol. The van der Waals surface area contributed by atoms with Crippen LogP contribution in [0, 0.1) is 11.8 Å². The summed E-state index contributed by atoms with van der Waals surface area (Å²) in [7, 11) is 0. The molecule has 2 aliphatic rings. The van der Waals surface area contributed by atoms with Crippen molar-refractivity contribution < 1.29 is 14.6 Å². The topological polar surface area (TPSA) is 84.3 Å². The minimum atomic E-state index is -0.387. The highest BCUT2D eigenvalue weighted by molar-refractivity contribution is 6.11. The van der Waals surface area contributed by atoms with Gasteiger partial charge in [0, 0.05) is 27.8 Å². The number of fused-ring (bicyclic) bond motifs is 9. The van der Waals surface area contributed by atoms with Crippen LogP contribution < -0.4 is 10.1 Å². The van der Waals surface area contributed by atoms with Crippen molar-refractivity contribution in [3.8, 4) is 5.75 Å². The number of aliphatic hydroxyl groups is 1. The lowest BCUT2D eigenvalue weighted by Gasteiger charge is -2.49. The second-order valence-corrected chi connectivity index (χ2v) is 12.8. The van der Waals surface area contributed by atoms with Crippen LogP contribution in [0.3, 0.4) is 0 Å². The zero-order chi connectivity index (χ0) is 29.0. The number of aromatic nitrogens is 2. The average Bonchev–Trinajstić information content (AvgIpc) is 2.99. The Kier molecular flexibility index (Phi) is 6.62. The molecule has 1 aliphatic carbocycles. The maximum atomic E-state index is 13.3. The molecule has 214 valence electrons. The van der Waals surface area contributed by atoms with Gasteiger partial charge in [-0.15, -0.1) is 0 Å². The molecule has 7 rings (SSSR count). The van der Waals surface area contributed by atoms with Crippen molar-refractivity contribution in [1.29, 1.82) is 0 Å². The first-order valence-electron chi connectivity index (χ1n) is 15.1. The van der Waals surface area contributed by atoms with Crippen LogP contribution in [0.25, 0.3) is 32.8 Å². The van der Waals surface area contributed by atoms with Gasteiger partial charge in [-0.2, -0.15) is 0 Å². The van der Waals surface area contributed by atoms with Gasteiger partial charge in [-0.05, 0) is 68.7 Å². The molecule has 6 heteroatoms. The molecule has 5 aromatic rings. The van der Waals surface area contributed by atoms with Crippen molar-refractivity contribution >= 4 is 38.7 Å². The lowest BCUT2D eigenvalue weighted by Crippen LogP contribution is -2.46. The first-order valence-corrected chi connectivity index (χ1v) is 15.1. The summed E-state index contributed by atoms with van der Waals surface area (Å²) in [6.45, 7) is 6.67. The molecule has 1 aliphatic heterocycles. The fraction of sp³-hybridized carbons (Fsp3) is 0.361. The van der Waals surface area contributed by atoms with Gasteiger partial charge in [0.15, 0.2) is 0 Å². The largest absolute Gasteiger partial charge is 0.487 e. The standard InChI is InChI=1S/C36H37N3O3/c1-21-13-15-28-27(17-21)31-33-32(25-11-7-8-12-26(25)34(31)42-36(28,2)3)38-29-16-14-23(19-30(29)39-33)35(41)37-24(20-40)18-22-9-5-4-6-10-22/h4-12,14,16,19,21,24,27-28,40H,13,15,17-18,20H2,1-3H3,(H,37,41)/t21-,24?,27+,28+/m1/s1. The second kappa shape index (κ2) is 10.4. The van der Waals surface area contributed by atoms with E-state index in [9.17, 15) is 9.90 Å². The summed E-state index contributed by atoms with van der Waals surface area (Å²) in [6, 6.07) is 23.3. The molecule has 4 aromatic carbocycles. The molecule has 1 amide bonds. The van der Waals surface area contributed by atoms with Crippen molar-refractivity contribution in [2.24, 2.45) is 11.8 Å². The van der Waals surface area contributed by atoms with E-state index in [-0.39, 0.29) is 24.2 Å². The SMILES string of the molecule is C[C@@H]1CC[C@H]2[C@H](C1)c1c(c3ccccc3c3nc4ccc(C(=O)NC(CO)Cc5ccccc5)cc4nc13)OC2(C)C. The smallest absolute Gasteiger partial charge is 0.251 e. The number of hydrogen-bond acceptors (Lipinski definition) is 5. The van der Waals surface area contributed by atoms with E-state index in [2.05, 4.69) is 44.3 Å². The van der Waals surface area contributed by atoms with Crippen molar-refractivity contribution in [2.45, 2.75) is 64.0 Å². The number of benzene rings is 4. The molecule has 1 fully saturated rings. The van der Waals surface area contributed by atoms with Gasteiger partial charge in [0.1, 0.15) is 11.4 Å². The molecule has 1 saturated carbocycles. The van der Waals surface area contributed by atoms with Crippen molar-refractivity contribution in [3.63, 3.8) is 0 Å². The van der Waals surface area contributed by atoms with E-state index in [0.29, 0.717) is 35.3 Å². The fourth-order valence-electron chi connectivity index (χ4n) is 7.36. The molecule has 0 saturated heterocycles. The van der Waals surface area contributed by atoms with Crippen LogP contribution in [0.1, 0.15) is 67.4 Å². The molecule has 0 radical (unpaired) electrons. The van der Waals surface area contributed by atoms with E-state index in [4.69, 9.17) is 14.7 Å². The summed E-state index contributed by atoms with van der Waals surface area (Å²) in [5.74, 6) is 2.07. The summed E-state index contributed by atoms with van der Waals surface area (Å²) in [5.41, 5.74) is 5.66. The van der Waals surface area contributed by atoms with E-state index in [1.807, 2.05) is 48.5 Å². The Morgan fingerprint density at radius 1 is 0.976 bits per heavy atom. The Bertz CT molecular complexity index is 1820. The molecule has 42 heavy (non-hydrogen) atoms. The first kappa shape index (κ1) is 26.8. The number of hydrogen-bond donors (Lipinski definition) is 2. The van der Waals surface area contributed by atoms with Crippen molar-refractivity contribution in [2.75, 3.05) is 6.61 Å². The first-order chi connectivity index (χ1) is 20.3. The molecule has 6 nitrogen and oxygen atoms in total. The molecule has 0 bridgehead atoms. The maximum absolute atomic E-state index is 13.3. The minimum Gasteiger partial charge on any atom is -0.487 e. The average molecular weight is 560 g/mol. The van der Waals surface area contributed by atoms with Crippen molar-refractivity contribution in [3.05, 3.63) is 89.5 Å². The number of carbonyl (C=O) groups is 1. The van der Waals surface area contributed by atoms with E-state index in [1.165, 1.54) is 12.0 Å². The Morgan fingerprint density at radius 2 is 1.71 bits per heavy atom. The van der Waals surface area contributed by atoms with E-state index in [1.54, 1.807) is 6.07 Å². The number of aliphatic hydroxyl groups excluding tert-OH is 1. The predicted octanol–water partition coefficient (Wildman–Crippen LogP) is 6.96. The molecule has 4 atom stereocenters. The van der Waals surface area contributed by atoms with Gasteiger partial charge in [0.2, 0.25) is 0 Å². The van der Waals surface area contributed by atoms with Gasteiger partial charge >= 0.3 is 0 Å². The Morgan fingerprint density at radius 3 is 2.50 bits per heavy atom. The van der Waals surface area contributed by atoms with E-state index < -0.39 is 0 Å². The Labute approximate surface area is 246 Å². The zero-order valence-corrected chi connectivity index (χ0v) is 24.4. The van der Waals surface area contributed by atoms with Gasteiger partial charge in [0.25, 0.3) is 5.91 Å². The van der Waals surface area contributed by atoms with Crippen LogP contribution >= 0.6 is 0 Å². The zero-order valence-electron chi connectivity index (χ0n) is 24.4. The van der Waals surface area contributed by atoms with Gasteiger partial charge in [-0.25, -0.2) is 9.97 Å². The lowest BCUT2D eigenvalue weighted by molar-refractivity contribution is -0.0115. The molecule has 1 unspecified atom stereocenters. The fourth-order valence-corrected chi connectivity index (χ4v) is 7.36. The minimum absolute atomic E-state index is 0.144. The van der Waals surface area contributed by atoms with Crippen LogP contribution in [-0.2, 0) is 6.42 Å². The lowest BCUT2D eigenvalue weighted by atomic mass is 9.64. The summed E-state index contributed by atoms with van der Waals surface area (Å²) >= 11 is 0. The third-order valence-electron chi connectivity index (χ3n) is 9.47. The summed E-state index contributed by atoms with van der Waals surface area (Å²) in [6.07, 6.45) is 4.00. The second-order valence-electron chi connectivity index (χ2n) is 12.8. The Balaban J connectivity index is 1.34. The molecule has 2 N–H and O–H groups in total. The molecule has 2 heterocycles. The summed E-state index contributed by atoms with van der Waals surface area (Å²) in [5, 5.41) is 15.1. The van der Waals surface area contributed by atoms with Gasteiger partial charge in [0.05, 0.1) is 34.7 Å². The maximum Gasteiger partial charge on any atom is 0.251 e. The number of ether oxygens (including phenoxy) is 1. The normalized spacial score (nSPS) is 21.9.